The molecule has 1 atom stereocenters. The van der Waals surface area contributed by atoms with Gasteiger partial charge in [0.1, 0.15) is 0 Å². The largest absolute Gasteiger partial charge is 0.399 e. The lowest BCUT2D eigenvalue weighted by Gasteiger charge is -2.17. The Balaban J connectivity index is 2.12. The fraction of sp³-hybridized carbons (Fsp3) is 0.235. The first-order valence-corrected chi connectivity index (χ1v) is 6.71. The van der Waals surface area contributed by atoms with Crippen LogP contribution in [0.5, 0.6) is 0 Å². The number of nitrogens with two attached hydrogens (primary N) is 1. The maximum Gasteiger partial charge on any atom is 0.251 e. The van der Waals surface area contributed by atoms with Gasteiger partial charge in [0.2, 0.25) is 0 Å². The summed E-state index contributed by atoms with van der Waals surface area (Å²) in [6.45, 7) is 6.12. The van der Waals surface area contributed by atoms with Crippen LogP contribution in [0, 0.1) is 13.8 Å². The molecule has 3 N–H and O–H groups in total. The second kappa shape index (κ2) is 5.78. The fourth-order valence-corrected chi connectivity index (χ4v) is 2.30. The number of anilines is 1. The van der Waals surface area contributed by atoms with Crippen LogP contribution in [-0.4, -0.2) is 5.91 Å². The van der Waals surface area contributed by atoms with E-state index in [0.29, 0.717) is 11.3 Å². The summed E-state index contributed by atoms with van der Waals surface area (Å²) in [4.78, 5) is 12.2. The Morgan fingerprint density at radius 2 is 1.75 bits per heavy atom. The number of benzene rings is 2. The van der Waals surface area contributed by atoms with Crippen molar-refractivity contribution in [3.63, 3.8) is 0 Å². The highest BCUT2D eigenvalue weighted by Gasteiger charge is 2.13. The molecule has 0 aliphatic rings. The minimum absolute atomic E-state index is 0.0272. The van der Waals surface area contributed by atoms with Gasteiger partial charge in [0.15, 0.2) is 0 Å². The van der Waals surface area contributed by atoms with Gasteiger partial charge in [-0.1, -0.05) is 23.8 Å². The molecule has 2 aromatic rings. The Labute approximate surface area is 119 Å². The van der Waals surface area contributed by atoms with Crippen molar-refractivity contribution in [2.75, 3.05) is 5.73 Å². The Morgan fingerprint density at radius 1 is 1.10 bits per heavy atom. The molecular weight excluding hydrogens is 248 g/mol. The molecule has 0 saturated carbocycles. The van der Waals surface area contributed by atoms with E-state index in [9.17, 15) is 4.79 Å². The van der Waals surface area contributed by atoms with Gasteiger partial charge in [0.05, 0.1) is 6.04 Å². The van der Waals surface area contributed by atoms with E-state index >= 15 is 0 Å². The lowest BCUT2D eigenvalue weighted by molar-refractivity contribution is 0.0940. The average Bonchev–Trinajstić information content (AvgIpc) is 2.39. The molecule has 3 heteroatoms. The summed E-state index contributed by atoms with van der Waals surface area (Å²) in [5, 5.41) is 3.01. The molecule has 0 aliphatic heterocycles. The highest BCUT2D eigenvalue weighted by molar-refractivity contribution is 5.94. The van der Waals surface area contributed by atoms with Gasteiger partial charge in [-0.2, -0.15) is 0 Å². The van der Waals surface area contributed by atoms with Crippen LogP contribution in [0.3, 0.4) is 0 Å². The summed E-state index contributed by atoms with van der Waals surface area (Å²) in [6.07, 6.45) is 0. The molecule has 1 unspecified atom stereocenters. The SMILES string of the molecule is Cc1ccc(C(C)NC(=O)c2ccc(N)cc2)c(C)c1. The number of rotatable bonds is 3. The van der Waals surface area contributed by atoms with Crippen LogP contribution in [0.4, 0.5) is 5.69 Å². The number of nitrogens with one attached hydrogen (secondary N) is 1. The third kappa shape index (κ3) is 3.18. The average molecular weight is 268 g/mol. The molecule has 1 amide bonds. The lowest BCUT2D eigenvalue weighted by atomic mass is 10.00. The molecule has 2 rings (SSSR count). The van der Waals surface area contributed by atoms with Gasteiger partial charge in [-0.25, -0.2) is 0 Å². The standard InChI is InChI=1S/C17H20N2O/c1-11-4-9-16(12(2)10-11)13(3)19-17(20)14-5-7-15(18)8-6-14/h4-10,13H,18H2,1-3H3,(H,19,20). The number of amides is 1. The minimum Gasteiger partial charge on any atom is -0.399 e. The maximum atomic E-state index is 12.2. The zero-order valence-corrected chi connectivity index (χ0v) is 12.1. The normalized spacial score (nSPS) is 11.9. The van der Waals surface area contributed by atoms with Crippen LogP contribution in [0.15, 0.2) is 42.5 Å². The third-order valence-corrected chi connectivity index (χ3v) is 3.41. The lowest BCUT2D eigenvalue weighted by Crippen LogP contribution is -2.27. The molecular formula is C17H20N2O. The van der Waals surface area contributed by atoms with Crippen molar-refractivity contribution in [1.29, 1.82) is 0 Å². The van der Waals surface area contributed by atoms with E-state index in [2.05, 4.69) is 37.4 Å². The van der Waals surface area contributed by atoms with Crippen LogP contribution in [0.1, 0.15) is 40.0 Å². The van der Waals surface area contributed by atoms with Crippen molar-refractivity contribution >= 4 is 11.6 Å². The zero-order valence-electron chi connectivity index (χ0n) is 12.1. The van der Waals surface area contributed by atoms with E-state index < -0.39 is 0 Å². The molecule has 0 aromatic heterocycles. The van der Waals surface area contributed by atoms with Crippen molar-refractivity contribution < 1.29 is 4.79 Å². The van der Waals surface area contributed by atoms with Crippen molar-refractivity contribution in [3.05, 3.63) is 64.7 Å². The van der Waals surface area contributed by atoms with Gasteiger partial charge in [-0.3, -0.25) is 4.79 Å². The number of nitrogen functional groups attached to an aromatic ring is 1. The van der Waals surface area contributed by atoms with Crippen LogP contribution >= 0.6 is 0 Å². The second-order valence-corrected chi connectivity index (χ2v) is 5.18. The van der Waals surface area contributed by atoms with Gasteiger partial charge in [-0.05, 0) is 56.2 Å². The number of hydrogen-bond acceptors (Lipinski definition) is 2. The van der Waals surface area contributed by atoms with E-state index in [1.807, 2.05) is 6.92 Å². The Bertz CT molecular complexity index is 617. The summed E-state index contributed by atoms with van der Waals surface area (Å²) in [6, 6.07) is 13.2. The Hall–Kier alpha value is -2.29. The minimum atomic E-state index is -0.0857. The molecule has 0 saturated heterocycles. The quantitative estimate of drug-likeness (QED) is 0.838. The number of carbonyl (C=O) groups excluding carboxylic acids is 1. The van der Waals surface area contributed by atoms with Crippen LogP contribution < -0.4 is 11.1 Å². The first-order valence-electron chi connectivity index (χ1n) is 6.71. The molecule has 0 spiro atoms. The van der Waals surface area contributed by atoms with E-state index in [1.54, 1.807) is 24.3 Å². The molecule has 104 valence electrons. The zero-order chi connectivity index (χ0) is 14.7. The molecule has 3 nitrogen and oxygen atoms in total. The summed E-state index contributed by atoms with van der Waals surface area (Å²) >= 11 is 0. The molecule has 0 fully saturated rings. The second-order valence-electron chi connectivity index (χ2n) is 5.18. The van der Waals surface area contributed by atoms with Gasteiger partial charge in [0, 0.05) is 11.3 Å². The number of hydrogen-bond donors (Lipinski definition) is 2. The summed E-state index contributed by atoms with van der Waals surface area (Å²) in [5.74, 6) is -0.0857. The Morgan fingerprint density at radius 3 is 2.35 bits per heavy atom. The molecule has 0 heterocycles. The molecule has 0 bridgehead atoms. The van der Waals surface area contributed by atoms with E-state index in [1.165, 1.54) is 11.1 Å². The Kier molecular flexibility index (Phi) is 4.08. The predicted molar refractivity (Wildman–Crippen MR) is 82.7 cm³/mol. The smallest absolute Gasteiger partial charge is 0.251 e. The van der Waals surface area contributed by atoms with E-state index in [4.69, 9.17) is 5.73 Å². The van der Waals surface area contributed by atoms with Gasteiger partial charge < -0.3 is 11.1 Å². The maximum absolute atomic E-state index is 12.2. The first kappa shape index (κ1) is 14.1. The molecule has 2 aromatic carbocycles. The van der Waals surface area contributed by atoms with E-state index in [0.717, 1.165) is 5.56 Å². The molecule has 0 radical (unpaired) electrons. The number of carbonyl (C=O) groups is 1. The highest BCUT2D eigenvalue weighted by Crippen LogP contribution is 2.19. The third-order valence-electron chi connectivity index (χ3n) is 3.41. The molecule has 0 aliphatic carbocycles. The topological polar surface area (TPSA) is 55.1 Å². The summed E-state index contributed by atoms with van der Waals surface area (Å²) < 4.78 is 0. The first-order chi connectivity index (χ1) is 9.47. The summed E-state index contributed by atoms with van der Waals surface area (Å²) in [5.41, 5.74) is 10.5. The fourth-order valence-electron chi connectivity index (χ4n) is 2.30. The van der Waals surface area contributed by atoms with Crippen molar-refractivity contribution in [3.8, 4) is 0 Å². The van der Waals surface area contributed by atoms with Crippen LogP contribution in [-0.2, 0) is 0 Å². The monoisotopic (exact) mass is 268 g/mol. The molecule has 20 heavy (non-hydrogen) atoms. The van der Waals surface area contributed by atoms with Crippen LogP contribution in [0.25, 0.3) is 0 Å². The van der Waals surface area contributed by atoms with Crippen molar-refractivity contribution in [1.82, 2.24) is 5.32 Å². The predicted octanol–water partition coefficient (Wildman–Crippen LogP) is 3.38. The van der Waals surface area contributed by atoms with Gasteiger partial charge in [0.25, 0.3) is 5.91 Å². The highest BCUT2D eigenvalue weighted by atomic mass is 16.1. The van der Waals surface area contributed by atoms with Crippen LogP contribution in [0.2, 0.25) is 0 Å². The van der Waals surface area contributed by atoms with Crippen molar-refractivity contribution in [2.24, 2.45) is 0 Å². The van der Waals surface area contributed by atoms with E-state index in [-0.39, 0.29) is 11.9 Å². The summed E-state index contributed by atoms with van der Waals surface area (Å²) in [7, 11) is 0. The van der Waals surface area contributed by atoms with Crippen molar-refractivity contribution in [2.45, 2.75) is 26.8 Å². The number of aryl methyl sites for hydroxylation is 2. The van der Waals surface area contributed by atoms with Gasteiger partial charge in [-0.15, -0.1) is 0 Å². The van der Waals surface area contributed by atoms with Gasteiger partial charge >= 0.3 is 0 Å².